The van der Waals surface area contributed by atoms with E-state index in [9.17, 15) is 0 Å². The second-order valence-electron chi connectivity index (χ2n) is 5.14. The first kappa shape index (κ1) is 15.0. The zero-order chi connectivity index (χ0) is 11.5. The first-order valence-corrected chi connectivity index (χ1v) is 6.69. The molecule has 15 heavy (non-hydrogen) atoms. The van der Waals surface area contributed by atoms with E-state index in [4.69, 9.17) is 4.74 Å². The van der Waals surface area contributed by atoms with Crippen LogP contribution in [-0.4, -0.2) is 13.7 Å². The third-order valence-corrected chi connectivity index (χ3v) is 2.99. The van der Waals surface area contributed by atoms with Gasteiger partial charge in [0, 0.05) is 13.7 Å². The van der Waals surface area contributed by atoms with Crippen LogP contribution in [0.3, 0.4) is 0 Å². The molecule has 0 saturated heterocycles. The van der Waals surface area contributed by atoms with Crippen LogP contribution in [0, 0.1) is 11.8 Å². The quantitative estimate of drug-likeness (QED) is 0.481. The molecule has 0 aromatic rings. The molecule has 0 saturated carbocycles. The molecule has 1 atom stereocenters. The van der Waals surface area contributed by atoms with Crippen LogP contribution in [-0.2, 0) is 4.74 Å². The Morgan fingerprint density at radius 3 is 2.13 bits per heavy atom. The highest BCUT2D eigenvalue weighted by molar-refractivity contribution is 4.58. The zero-order valence-corrected chi connectivity index (χ0v) is 11.2. The molecule has 0 amide bonds. The number of unbranched alkanes of at least 4 members (excludes halogenated alkanes) is 2. The van der Waals surface area contributed by atoms with Crippen molar-refractivity contribution >= 4 is 0 Å². The van der Waals surface area contributed by atoms with E-state index in [2.05, 4.69) is 20.8 Å². The molecule has 0 spiro atoms. The van der Waals surface area contributed by atoms with Crippen LogP contribution in [0.25, 0.3) is 0 Å². The molecule has 0 aliphatic carbocycles. The normalized spacial score (nSPS) is 13.4. The van der Waals surface area contributed by atoms with E-state index in [0.717, 1.165) is 18.4 Å². The molecule has 0 aliphatic rings. The highest BCUT2D eigenvalue weighted by Crippen LogP contribution is 2.17. The molecular weight excluding hydrogens is 184 g/mol. The summed E-state index contributed by atoms with van der Waals surface area (Å²) >= 11 is 0. The summed E-state index contributed by atoms with van der Waals surface area (Å²) in [7, 11) is 1.82. The third kappa shape index (κ3) is 10.2. The Bertz CT molecular complexity index is 115. The van der Waals surface area contributed by atoms with Gasteiger partial charge in [0.1, 0.15) is 0 Å². The lowest BCUT2D eigenvalue weighted by atomic mass is 9.96. The maximum Gasteiger partial charge on any atom is 0.0490 e. The average Bonchev–Trinajstić information content (AvgIpc) is 2.17. The molecule has 0 N–H and O–H groups in total. The Hall–Kier alpha value is -0.0400. The summed E-state index contributed by atoms with van der Waals surface area (Å²) in [6, 6.07) is 0. The van der Waals surface area contributed by atoms with Crippen LogP contribution >= 0.6 is 0 Å². The second kappa shape index (κ2) is 10.5. The van der Waals surface area contributed by atoms with Crippen LogP contribution < -0.4 is 0 Å². The number of methoxy groups -OCH3 is 1. The summed E-state index contributed by atoms with van der Waals surface area (Å²) in [6.45, 7) is 7.84. The lowest BCUT2D eigenvalue weighted by Gasteiger charge is -2.14. The van der Waals surface area contributed by atoms with Gasteiger partial charge in [-0.25, -0.2) is 0 Å². The van der Waals surface area contributed by atoms with Crippen LogP contribution in [0.1, 0.15) is 65.7 Å². The van der Waals surface area contributed by atoms with Gasteiger partial charge in [-0.3, -0.25) is 0 Å². The van der Waals surface area contributed by atoms with Gasteiger partial charge < -0.3 is 4.74 Å². The Kier molecular flexibility index (Phi) is 10.4. The van der Waals surface area contributed by atoms with E-state index in [1.807, 2.05) is 7.11 Å². The van der Waals surface area contributed by atoms with Crippen molar-refractivity contribution in [2.75, 3.05) is 13.7 Å². The fourth-order valence-electron chi connectivity index (χ4n) is 2.12. The zero-order valence-electron chi connectivity index (χ0n) is 11.2. The minimum atomic E-state index is 0.805. The minimum Gasteiger partial charge on any atom is -0.384 e. The fraction of sp³-hybridized carbons (Fsp3) is 1.00. The molecule has 0 aromatic carbocycles. The average molecular weight is 214 g/mol. The molecule has 0 unspecified atom stereocenters. The van der Waals surface area contributed by atoms with Gasteiger partial charge in [-0.2, -0.15) is 0 Å². The van der Waals surface area contributed by atoms with Crippen LogP contribution in [0.2, 0.25) is 0 Å². The Morgan fingerprint density at radius 2 is 1.60 bits per heavy atom. The van der Waals surface area contributed by atoms with Gasteiger partial charge in [0.2, 0.25) is 0 Å². The van der Waals surface area contributed by atoms with E-state index in [1.54, 1.807) is 0 Å². The van der Waals surface area contributed by atoms with E-state index < -0.39 is 0 Å². The number of ether oxygens (including phenoxy) is 1. The lowest BCUT2D eigenvalue weighted by Crippen LogP contribution is -2.07. The van der Waals surface area contributed by atoms with Gasteiger partial charge in [-0.1, -0.05) is 52.9 Å². The van der Waals surface area contributed by atoms with Crippen molar-refractivity contribution in [2.45, 2.75) is 65.7 Å². The van der Waals surface area contributed by atoms with Gasteiger partial charge in [-0.15, -0.1) is 0 Å². The fourth-order valence-corrected chi connectivity index (χ4v) is 2.12. The van der Waals surface area contributed by atoms with E-state index in [1.165, 1.54) is 44.9 Å². The predicted molar refractivity (Wildman–Crippen MR) is 68.2 cm³/mol. The highest BCUT2D eigenvalue weighted by Gasteiger charge is 2.06. The molecule has 0 fully saturated rings. The first-order valence-electron chi connectivity index (χ1n) is 6.69. The van der Waals surface area contributed by atoms with Crippen LogP contribution in [0.5, 0.6) is 0 Å². The van der Waals surface area contributed by atoms with Crippen molar-refractivity contribution < 1.29 is 4.74 Å². The molecular formula is C14H30O. The largest absolute Gasteiger partial charge is 0.384 e. The molecule has 1 heteroatoms. The third-order valence-electron chi connectivity index (χ3n) is 2.99. The molecule has 0 heterocycles. The topological polar surface area (TPSA) is 9.23 Å². The summed E-state index contributed by atoms with van der Waals surface area (Å²) in [6.07, 6.45) is 9.58. The molecule has 0 aromatic heterocycles. The van der Waals surface area contributed by atoms with Gasteiger partial charge in [0.15, 0.2) is 0 Å². The summed E-state index contributed by atoms with van der Waals surface area (Å²) < 4.78 is 5.25. The van der Waals surface area contributed by atoms with E-state index in [0.29, 0.717) is 0 Å². The van der Waals surface area contributed by atoms with Crippen LogP contribution in [0.4, 0.5) is 0 Å². The van der Waals surface area contributed by atoms with Crippen molar-refractivity contribution in [2.24, 2.45) is 11.8 Å². The first-order chi connectivity index (χ1) is 7.20. The Balaban J connectivity index is 3.36. The van der Waals surface area contributed by atoms with E-state index >= 15 is 0 Å². The molecule has 0 bridgehead atoms. The Labute approximate surface area is 96.6 Å². The van der Waals surface area contributed by atoms with Crippen molar-refractivity contribution in [3.63, 3.8) is 0 Å². The maximum absolute atomic E-state index is 5.25. The van der Waals surface area contributed by atoms with Crippen molar-refractivity contribution in [3.05, 3.63) is 0 Å². The minimum absolute atomic E-state index is 0.805. The lowest BCUT2D eigenvalue weighted by molar-refractivity contribution is 0.141. The van der Waals surface area contributed by atoms with Crippen molar-refractivity contribution in [3.8, 4) is 0 Å². The number of hydrogen-bond acceptors (Lipinski definition) is 1. The summed E-state index contributed by atoms with van der Waals surface area (Å²) in [4.78, 5) is 0. The second-order valence-corrected chi connectivity index (χ2v) is 5.14. The SMILES string of the molecule is CCC[C@H](CCCCCC(C)C)COC. The van der Waals surface area contributed by atoms with Gasteiger partial charge >= 0.3 is 0 Å². The molecule has 0 radical (unpaired) electrons. The Morgan fingerprint density at radius 1 is 0.933 bits per heavy atom. The maximum atomic E-state index is 5.25. The summed E-state index contributed by atoms with van der Waals surface area (Å²) in [5.74, 6) is 1.68. The molecule has 0 rings (SSSR count). The van der Waals surface area contributed by atoms with Gasteiger partial charge in [0.05, 0.1) is 0 Å². The van der Waals surface area contributed by atoms with Gasteiger partial charge in [-0.05, 0) is 24.7 Å². The van der Waals surface area contributed by atoms with Gasteiger partial charge in [0.25, 0.3) is 0 Å². The summed E-state index contributed by atoms with van der Waals surface area (Å²) in [5, 5.41) is 0. The van der Waals surface area contributed by atoms with E-state index in [-0.39, 0.29) is 0 Å². The van der Waals surface area contributed by atoms with Crippen LogP contribution in [0.15, 0.2) is 0 Å². The predicted octanol–water partition coefficient (Wildman–Crippen LogP) is 4.66. The highest BCUT2D eigenvalue weighted by atomic mass is 16.5. The standard InChI is InChI=1S/C14H30O/c1-5-9-14(12-15-4)11-8-6-7-10-13(2)3/h13-14H,5-12H2,1-4H3/t14-/m1/s1. The molecule has 1 nitrogen and oxygen atoms in total. The molecule has 0 aliphatic heterocycles. The summed E-state index contributed by atoms with van der Waals surface area (Å²) in [5.41, 5.74) is 0. The smallest absolute Gasteiger partial charge is 0.0490 e. The monoisotopic (exact) mass is 214 g/mol. The van der Waals surface area contributed by atoms with Crippen molar-refractivity contribution in [1.29, 1.82) is 0 Å². The molecule has 92 valence electrons. The number of hydrogen-bond donors (Lipinski definition) is 0. The number of rotatable bonds is 10. The van der Waals surface area contributed by atoms with Crippen molar-refractivity contribution in [1.82, 2.24) is 0 Å².